The summed E-state index contributed by atoms with van der Waals surface area (Å²) in [5.74, 6) is -1.27. The molecule has 0 fully saturated rings. The van der Waals surface area contributed by atoms with Gasteiger partial charge in [0.2, 0.25) is 0 Å². The molecule has 23 heavy (non-hydrogen) atoms. The van der Waals surface area contributed by atoms with Crippen molar-refractivity contribution < 1.29 is 20.1 Å². The number of nitrogens with one attached hydrogen (secondary N) is 1. The summed E-state index contributed by atoms with van der Waals surface area (Å²) in [5, 5.41) is 39.6. The summed E-state index contributed by atoms with van der Waals surface area (Å²) in [5.41, 5.74) is 1.15. The van der Waals surface area contributed by atoms with Crippen LogP contribution in [0.4, 0.5) is 5.69 Å². The number of amides is 1. The highest BCUT2D eigenvalue weighted by Gasteiger charge is 2.12. The average molecular weight is 310 g/mol. The first-order valence-corrected chi connectivity index (χ1v) is 6.69. The number of para-hydroxylation sites is 1. The number of aliphatic hydroxyl groups is 1. The number of phenolic OH excluding ortho intramolecular Hbond substituents is 2. The van der Waals surface area contributed by atoms with Crippen LogP contribution in [0, 0.1) is 11.3 Å². The van der Waals surface area contributed by atoms with Gasteiger partial charge in [-0.1, -0.05) is 24.3 Å². The maximum absolute atomic E-state index is 12.2. The van der Waals surface area contributed by atoms with Crippen molar-refractivity contribution in [3.8, 4) is 17.6 Å². The molecule has 0 saturated heterocycles. The summed E-state index contributed by atoms with van der Waals surface area (Å²) in [4.78, 5) is 12.2. The number of phenols is 2. The summed E-state index contributed by atoms with van der Waals surface area (Å²) in [7, 11) is 0. The van der Waals surface area contributed by atoms with Crippen LogP contribution in [-0.4, -0.2) is 21.2 Å². The van der Waals surface area contributed by atoms with Crippen LogP contribution in [0.1, 0.15) is 11.1 Å². The smallest absolute Gasteiger partial charge is 0.266 e. The Morgan fingerprint density at radius 1 is 1.17 bits per heavy atom. The summed E-state index contributed by atoms with van der Waals surface area (Å²) >= 11 is 0. The van der Waals surface area contributed by atoms with Gasteiger partial charge in [-0.25, -0.2) is 0 Å². The van der Waals surface area contributed by atoms with Gasteiger partial charge in [0.05, 0.1) is 6.61 Å². The lowest BCUT2D eigenvalue weighted by Crippen LogP contribution is -2.14. The molecule has 0 unspecified atom stereocenters. The van der Waals surface area contributed by atoms with E-state index in [0.29, 0.717) is 16.8 Å². The van der Waals surface area contributed by atoms with Crippen LogP contribution < -0.4 is 5.32 Å². The Kier molecular flexibility index (Phi) is 4.97. The fraction of sp³-hybridized carbons (Fsp3) is 0.0588. The normalized spacial score (nSPS) is 10.9. The first-order valence-electron chi connectivity index (χ1n) is 6.69. The third kappa shape index (κ3) is 3.87. The molecule has 1 amide bonds. The van der Waals surface area contributed by atoms with Gasteiger partial charge in [-0.3, -0.25) is 4.79 Å². The molecule has 0 aliphatic carbocycles. The zero-order chi connectivity index (χ0) is 16.8. The summed E-state index contributed by atoms with van der Waals surface area (Å²) in [6, 6.07) is 12.4. The van der Waals surface area contributed by atoms with Crippen LogP contribution >= 0.6 is 0 Å². The number of hydrogen-bond donors (Lipinski definition) is 4. The third-order valence-electron chi connectivity index (χ3n) is 3.11. The van der Waals surface area contributed by atoms with Gasteiger partial charge in [0.1, 0.15) is 11.6 Å². The number of aliphatic hydroxyl groups excluding tert-OH is 1. The van der Waals surface area contributed by atoms with Crippen molar-refractivity contribution in [2.24, 2.45) is 0 Å². The Balaban J connectivity index is 2.26. The Hall–Kier alpha value is -3.30. The first kappa shape index (κ1) is 16.1. The maximum atomic E-state index is 12.2. The molecule has 0 spiro atoms. The van der Waals surface area contributed by atoms with Crippen LogP contribution in [0.2, 0.25) is 0 Å². The van der Waals surface area contributed by atoms with Gasteiger partial charge < -0.3 is 20.6 Å². The van der Waals surface area contributed by atoms with Gasteiger partial charge >= 0.3 is 0 Å². The van der Waals surface area contributed by atoms with E-state index < -0.39 is 5.91 Å². The van der Waals surface area contributed by atoms with Crippen molar-refractivity contribution in [1.82, 2.24) is 0 Å². The lowest BCUT2D eigenvalue weighted by atomic mass is 10.1. The van der Waals surface area contributed by atoms with Crippen LogP contribution in [-0.2, 0) is 11.4 Å². The van der Waals surface area contributed by atoms with E-state index in [4.69, 9.17) is 5.26 Å². The zero-order valence-electron chi connectivity index (χ0n) is 12.0. The van der Waals surface area contributed by atoms with Gasteiger partial charge in [0, 0.05) is 11.3 Å². The lowest BCUT2D eigenvalue weighted by molar-refractivity contribution is -0.112. The zero-order valence-corrected chi connectivity index (χ0v) is 12.0. The standard InChI is InChI=1S/C17H14N2O4/c18-9-13(7-11-5-6-15(21)16(22)8-11)17(23)19-14-4-2-1-3-12(14)10-20/h1-8,20-22H,10H2,(H,19,23)/b13-7+. The Labute approximate surface area is 132 Å². The molecule has 0 atom stereocenters. The number of nitriles is 1. The molecule has 0 radical (unpaired) electrons. The molecule has 0 aliphatic heterocycles. The number of carbonyl (C=O) groups is 1. The molecule has 2 rings (SSSR count). The van der Waals surface area contributed by atoms with Crippen LogP contribution in [0.15, 0.2) is 48.0 Å². The van der Waals surface area contributed by atoms with Gasteiger partial charge in [0.25, 0.3) is 5.91 Å². The highest BCUT2D eigenvalue weighted by Crippen LogP contribution is 2.26. The molecular weight excluding hydrogens is 296 g/mol. The quantitative estimate of drug-likeness (QED) is 0.392. The van der Waals surface area contributed by atoms with E-state index in [0.717, 1.165) is 0 Å². The molecule has 0 aliphatic rings. The van der Waals surface area contributed by atoms with E-state index in [9.17, 15) is 20.1 Å². The number of anilines is 1. The molecule has 0 heterocycles. The van der Waals surface area contributed by atoms with Crippen molar-refractivity contribution in [1.29, 1.82) is 5.26 Å². The third-order valence-corrected chi connectivity index (χ3v) is 3.11. The average Bonchev–Trinajstić information content (AvgIpc) is 2.56. The predicted molar refractivity (Wildman–Crippen MR) is 84.4 cm³/mol. The number of benzene rings is 2. The second-order valence-electron chi connectivity index (χ2n) is 4.69. The van der Waals surface area contributed by atoms with Gasteiger partial charge in [-0.15, -0.1) is 0 Å². The van der Waals surface area contributed by atoms with Crippen molar-refractivity contribution in [3.05, 3.63) is 59.2 Å². The number of aromatic hydroxyl groups is 2. The van der Waals surface area contributed by atoms with E-state index in [-0.39, 0.29) is 23.7 Å². The Morgan fingerprint density at radius 2 is 1.91 bits per heavy atom. The van der Waals surface area contributed by atoms with Crippen LogP contribution in [0.5, 0.6) is 11.5 Å². The fourth-order valence-corrected chi connectivity index (χ4v) is 1.92. The molecule has 0 bridgehead atoms. The van der Waals surface area contributed by atoms with Crippen molar-refractivity contribution in [2.75, 3.05) is 5.32 Å². The molecule has 0 aromatic heterocycles. The molecule has 0 saturated carbocycles. The van der Waals surface area contributed by atoms with Crippen LogP contribution in [0.25, 0.3) is 6.08 Å². The van der Waals surface area contributed by atoms with E-state index in [2.05, 4.69) is 5.32 Å². The topological polar surface area (TPSA) is 114 Å². The minimum Gasteiger partial charge on any atom is -0.504 e. The monoisotopic (exact) mass is 310 g/mol. The molecule has 6 heteroatoms. The summed E-state index contributed by atoms with van der Waals surface area (Å²) in [6.45, 7) is -0.242. The molecular formula is C17H14N2O4. The molecule has 116 valence electrons. The van der Waals surface area contributed by atoms with Gasteiger partial charge in [-0.2, -0.15) is 5.26 Å². The van der Waals surface area contributed by atoms with Crippen molar-refractivity contribution in [3.63, 3.8) is 0 Å². The minimum absolute atomic E-state index is 0.178. The Bertz CT molecular complexity index is 806. The summed E-state index contributed by atoms with van der Waals surface area (Å²) < 4.78 is 0. The maximum Gasteiger partial charge on any atom is 0.266 e. The van der Waals surface area contributed by atoms with Crippen molar-refractivity contribution in [2.45, 2.75) is 6.61 Å². The largest absolute Gasteiger partial charge is 0.504 e. The van der Waals surface area contributed by atoms with Crippen molar-refractivity contribution >= 4 is 17.7 Å². The number of hydrogen-bond acceptors (Lipinski definition) is 5. The molecule has 2 aromatic carbocycles. The minimum atomic E-state index is -0.638. The lowest BCUT2D eigenvalue weighted by Gasteiger charge is -2.08. The van der Waals surface area contributed by atoms with E-state index >= 15 is 0 Å². The van der Waals surface area contributed by atoms with E-state index in [1.807, 2.05) is 0 Å². The predicted octanol–water partition coefficient (Wildman–Crippen LogP) is 2.14. The highest BCUT2D eigenvalue weighted by molar-refractivity contribution is 6.10. The number of carbonyl (C=O) groups excluding carboxylic acids is 1. The van der Waals surface area contributed by atoms with Gasteiger partial charge in [0.15, 0.2) is 11.5 Å². The second kappa shape index (κ2) is 7.11. The van der Waals surface area contributed by atoms with Crippen LogP contribution in [0.3, 0.4) is 0 Å². The second-order valence-corrected chi connectivity index (χ2v) is 4.69. The SMILES string of the molecule is N#C/C(=C\c1ccc(O)c(O)c1)C(=O)Nc1ccccc1CO. The molecule has 4 N–H and O–H groups in total. The van der Waals surface area contributed by atoms with Gasteiger partial charge in [-0.05, 0) is 29.8 Å². The molecule has 2 aromatic rings. The van der Waals surface area contributed by atoms with E-state index in [1.54, 1.807) is 30.3 Å². The number of rotatable bonds is 4. The first-order chi connectivity index (χ1) is 11.0. The highest BCUT2D eigenvalue weighted by atomic mass is 16.3. The Morgan fingerprint density at radius 3 is 2.57 bits per heavy atom. The fourth-order valence-electron chi connectivity index (χ4n) is 1.92. The molecule has 6 nitrogen and oxygen atoms in total. The van der Waals surface area contributed by atoms with E-state index in [1.165, 1.54) is 24.3 Å². The summed E-state index contributed by atoms with van der Waals surface area (Å²) in [6.07, 6.45) is 1.29. The number of nitrogens with zero attached hydrogens (tertiary/aromatic N) is 1.